The summed E-state index contributed by atoms with van der Waals surface area (Å²) in [5.74, 6) is 1.54. The molecule has 2 heterocycles. The molecule has 2 atom stereocenters. The minimum Gasteiger partial charge on any atom is -0.353 e. The van der Waals surface area contributed by atoms with E-state index in [1.807, 2.05) is 13.0 Å². The zero-order valence-corrected chi connectivity index (χ0v) is 10.1. The number of hydrogen-bond donors (Lipinski definition) is 0. The van der Waals surface area contributed by atoms with Crippen LogP contribution in [0, 0.1) is 24.2 Å². The number of aromatic nitrogens is 1. The fourth-order valence-corrected chi connectivity index (χ4v) is 2.49. The van der Waals surface area contributed by atoms with Gasteiger partial charge in [-0.1, -0.05) is 6.92 Å². The van der Waals surface area contributed by atoms with Crippen LogP contribution < -0.4 is 4.90 Å². The predicted molar refractivity (Wildman–Crippen MR) is 64.3 cm³/mol. The van der Waals surface area contributed by atoms with Crippen molar-refractivity contribution in [1.29, 1.82) is 5.26 Å². The first-order valence-corrected chi connectivity index (χ1v) is 5.75. The van der Waals surface area contributed by atoms with Crippen molar-refractivity contribution in [3.63, 3.8) is 0 Å². The summed E-state index contributed by atoms with van der Waals surface area (Å²) >= 11 is 0. The van der Waals surface area contributed by atoms with Gasteiger partial charge >= 0.3 is 0 Å². The third kappa shape index (κ3) is 1.76. The molecule has 0 radical (unpaired) electrons. The Hall–Kier alpha value is -1.56. The van der Waals surface area contributed by atoms with Crippen LogP contribution in [0.3, 0.4) is 0 Å². The summed E-state index contributed by atoms with van der Waals surface area (Å²) in [6, 6.07) is 4.65. The molecule has 16 heavy (non-hydrogen) atoms. The Balaban J connectivity index is 2.41. The Morgan fingerprint density at radius 2 is 2.25 bits per heavy atom. The Bertz CT molecular complexity index is 433. The van der Waals surface area contributed by atoms with E-state index in [1.54, 1.807) is 6.20 Å². The monoisotopic (exact) mass is 215 g/mol. The minimum atomic E-state index is 0.483. The molecule has 1 aliphatic rings. The first-order chi connectivity index (χ1) is 7.63. The molecule has 1 aromatic heterocycles. The van der Waals surface area contributed by atoms with Gasteiger partial charge in [-0.3, -0.25) is 0 Å². The van der Waals surface area contributed by atoms with Crippen molar-refractivity contribution in [3.8, 4) is 6.07 Å². The summed E-state index contributed by atoms with van der Waals surface area (Å²) in [6.07, 6.45) is 2.97. The second-order valence-electron chi connectivity index (χ2n) is 4.78. The normalized spacial score (nSPS) is 24.5. The molecule has 0 amide bonds. The number of aryl methyl sites for hydroxylation is 1. The van der Waals surface area contributed by atoms with Crippen molar-refractivity contribution < 1.29 is 0 Å². The molecule has 2 rings (SSSR count). The van der Waals surface area contributed by atoms with E-state index in [0.29, 0.717) is 12.0 Å². The highest BCUT2D eigenvalue weighted by atomic mass is 15.2. The Labute approximate surface area is 96.7 Å². The van der Waals surface area contributed by atoms with Crippen molar-refractivity contribution in [1.82, 2.24) is 4.98 Å². The van der Waals surface area contributed by atoms with Crippen molar-refractivity contribution in [2.75, 3.05) is 11.4 Å². The molecule has 1 aromatic rings. The summed E-state index contributed by atoms with van der Waals surface area (Å²) in [4.78, 5) is 6.64. The Morgan fingerprint density at radius 3 is 2.81 bits per heavy atom. The average Bonchev–Trinajstić information content (AvgIpc) is 2.57. The minimum absolute atomic E-state index is 0.483. The maximum Gasteiger partial charge on any atom is 0.146 e. The number of hydrogen-bond acceptors (Lipinski definition) is 3. The number of pyridine rings is 1. The Kier molecular flexibility index (Phi) is 2.82. The van der Waals surface area contributed by atoms with Crippen LogP contribution in [-0.4, -0.2) is 17.6 Å². The van der Waals surface area contributed by atoms with Gasteiger partial charge in [-0.15, -0.1) is 0 Å². The molecule has 1 aliphatic heterocycles. The molecular formula is C13H17N3. The molecule has 0 spiro atoms. The van der Waals surface area contributed by atoms with Crippen molar-refractivity contribution in [3.05, 3.63) is 23.4 Å². The third-order valence-electron chi connectivity index (χ3n) is 3.31. The molecule has 0 aromatic carbocycles. The van der Waals surface area contributed by atoms with E-state index < -0.39 is 0 Å². The lowest BCUT2D eigenvalue weighted by atomic mass is 10.1. The van der Waals surface area contributed by atoms with E-state index in [1.165, 1.54) is 6.42 Å². The van der Waals surface area contributed by atoms with E-state index in [0.717, 1.165) is 23.5 Å². The van der Waals surface area contributed by atoms with Crippen molar-refractivity contribution >= 4 is 5.82 Å². The zero-order chi connectivity index (χ0) is 11.7. The van der Waals surface area contributed by atoms with Gasteiger partial charge in [0.25, 0.3) is 0 Å². The summed E-state index contributed by atoms with van der Waals surface area (Å²) in [5.41, 5.74) is 1.74. The van der Waals surface area contributed by atoms with Crippen LogP contribution in [0.4, 0.5) is 5.82 Å². The molecule has 0 aliphatic carbocycles. The summed E-state index contributed by atoms with van der Waals surface area (Å²) in [6.45, 7) is 7.42. The van der Waals surface area contributed by atoms with E-state index >= 15 is 0 Å². The van der Waals surface area contributed by atoms with Gasteiger partial charge in [0.2, 0.25) is 0 Å². The summed E-state index contributed by atoms with van der Waals surface area (Å²) in [5, 5.41) is 9.20. The molecule has 3 heteroatoms. The predicted octanol–water partition coefficient (Wildman–Crippen LogP) is 2.50. The molecule has 3 nitrogen and oxygen atoms in total. The summed E-state index contributed by atoms with van der Waals surface area (Å²) < 4.78 is 0. The highest BCUT2D eigenvalue weighted by molar-refractivity contribution is 5.58. The maximum absolute atomic E-state index is 9.20. The van der Waals surface area contributed by atoms with Crippen LogP contribution in [0.25, 0.3) is 0 Å². The molecule has 0 N–H and O–H groups in total. The van der Waals surface area contributed by atoms with Crippen LogP contribution in [0.1, 0.15) is 31.4 Å². The zero-order valence-electron chi connectivity index (χ0n) is 10.1. The van der Waals surface area contributed by atoms with Crippen LogP contribution in [0.15, 0.2) is 12.3 Å². The van der Waals surface area contributed by atoms with Gasteiger partial charge in [-0.25, -0.2) is 4.98 Å². The van der Waals surface area contributed by atoms with E-state index in [-0.39, 0.29) is 0 Å². The van der Waals surface area contributed by atoms with Gasteiger partial charge in [-0.2, -0.15) is 5.26 Å². The van der Waals surface area contributed by atoms with Crippen LogP contribution in [-0.2, 0) is 0 Å². The summed E-state index contributed by atoms with van der Waals surface area (Å²) in [7, 11) is 0. The van der Waals surface area contributed by atoms with E-state index in [4.69, 9.17) is 0 Å². The van der Waals surface area contributed by atoms with Gasteiger partial charge in [0.1, 0.15) is 11.9 Å². The quantitative estimate of drug-likeness (QED) is 0.722. The lowest BCUT2D eigenvalue weighted by Gasteiger charge is -2.24. The number of nitrogens with zero attached hydrogens (tertiary/aromatic N) is 3. The highest BCUT2D eigenvalue weighted by Gasteiger charge is 2.28. The SMILES string of the molecule is Cc1ccnc(N2CC(C)CC2C)c1C#N. The van der Waals surface area contributed by atoms with Gasteiger partial charge in [0.05, 0.1) is 5.56 Å². The van der Waals surface area contributed by atoms with E-state index in [9.17, 15) is 5.26 Å². The largest absolute Gasteiger partial charge is 0.353 e. The second-order valence-corrected chi connectivity index (χ2v) is 4.78. The number of rotatable bonds is 1. The fraction of sp³-hybridized carbons (Fsp3) is 0.538. The van der Waals surface area contributed by atoms with Gasteiger partial charge in [0.15, 0.2) is 0 Å². The molecule has 1 fully saturated rings. The molecule has 0 saturated carbocycles. The van der Waals surface area contributed by atoms with E-state index in [2.05, 4.69) is 29.8 Å². The lowest BCUT2D eigenvalue weighted by Crippen LogP contribution is -2.28. The standard InChI is InChI=1S/C13H17N3/c1-9-6-11(3)16(8-9)13-12(7-14)10(2)4-5-15-13/h4-5,9,11H,6,8H2,1-3H3. The smallest absolute Gasteiger partial charge is 0.146 e. The second kappa shape index (κ2) is 4.13. The van der Waals surface area contributed by atoms with Gasteiger partial charge in [0, 0.05) is 18.8 Å². The number of anilines is 1. The van der Waals surface area contributed by atoms with Gasteiger partial charge < -0.3 is 4.90 Å². The van der Waals surface area contributed by atoms with Crippen molar-refractivity contribution in [2.45, 2.75) is 33.2 Å². The van der Waals surface area contributed by atoms with Gasteiger partial charge in [-0.05, 0) is 37.8 Å². The van der Waals surface area contributed by atoms with Crippen LogP contribution in [0.5, 0.6) is 0 Å². The van der Waals surface area contributed by atoms with Crippen LogP contribution >= 0.6 is 0 Å². The first kappa shape index (κ1) is 10.9. The average molecular weight is 215 g/mol. The molecule has 84 valence electrons. The molecule has 1 saturated heterocycles. The fourth-order valence-electron chi connectivity index (χ4n) is 2.49. The Morgan fingerprint density at radius 1 is 1.50 bits per heavy atom. The van der Waals surface area contributed by atoms with Crippen molar-refractivity contribution in [2.24, 2.45) is 5.92 Å². The maximum atomic E-state index is 9.20. The number of nitriles is 1. The van der Waals surface area contributed by atoms with Crippen LogP contribution in [0.2, 0.25) is 0 Å². The molecule has 2 unspecified atom stereocenters. The lowest BCUT2D eigenvalue weighted by molar-refractivity contribution is 0.625. The third-order valence-corrected chi connectivity index (χ3v) is 3.31. The molecular weight excluding hydrogens is 198 g/mol. The molecule has 0 bridgehead atoms. The topological polar surface area (TPSA) is 39.9 Å². The first-order valence-electron chi connectivity index (χ1n) is 5.75. The highest BCUT2D eigenvalue weighted by Crippen LogP contribution is 2.30.